The minimum Gasteiger partial charge on any atom is -0.286 e. The Morgan fingerprint density at radius 2 is 2.56 bits per heavy atom. The van der Waals surface area contributed by atoms with Gasteiger partial charge in [0, 0.05) is 6.92 Å². The minimum absolute atomic E-state index is 0.000463. The molecule has 0 aliphatic rings. The molecule has 0 atom stereocenters. The van der Waals surface area contributed by atoms with Gasteiger partial charge < -0.3 is 0 Å². The van der Waals surface area contributed by atoms with Gasteiger partial charge in [-0.05, 0) is 0 Å². The zero-order valence-corrected chi connectivity index (χ0v) is 5.63. The standard InChI is InChI=1S/C4H5N3OS/c1-4(8)9-7-3-2-5-6-7/h2-3H,1H3. The van der Waals surface area contributed by atoms with Crippen LogP contribution >= 0.6 is 11.9 Å². The van der Waals surface area contributed by atoms with Crippen molar-refractivity contribution in [3.05, 3.63) is 12.4 Å². The molecule has 0 aliphatic heterocycles. The first kappa shape index (κ1) is 6.28. The fraction of sp³-hybridized carbons (Fsp3) is 0.250. The van der Waals surface area contributed by atoms with E-state index in [4.69, 9.17) is 0 Å². The van der Waals surface area contributed by atoms with Crippen molar-refractivity contribution in [1.29, 1.82) is 0 Å². The molecule has 1 heterocycles. The van der Waals surface area contributed by atoms with Crippen molar-refractivity contribution in [3.8, 4) is 0 Å². The van der Waals surface area contributed by atoms with E-state index < -0.39 is 0 Å². The van der Waals surface area contributed by atoms with Crippen molar-refractivity contribution in [2.75, 3.05) is 0 Å². The van der Waals surface area contributed by atoms with Gasteiger partial charge in [0.1, 0.15) is 0 Å². The topological polar surface area (TPSA) is 47.8 Å². The summed E-state index contributed by atoms with van der Waals surface area (Å²) < 4.78 is 1.41. The Hall–Kier alpha value is -0.840. The molecule has 0 radical (unpaired) electrons. The molecular formula is C4H5N3OS. The molecule has 48 valence electrons. The molecule has 4 nitrogen and oxygen atoms in total. The van der Waals surface area contributed by atoms with Gasteiger partial charge in [0.05, 0.1) is 24.3 Å². The highest BCUT2D eigenvalue weighted by atomic mass is 32.2. The van der Waals surface area contributed by atoms with Crippen LogP contribution < -0.4 is 0 Å². The van der Waals surface area contributed by atoms with Crippen molar-refractivity contribution in [3.63, 3.8) is 0 Å². The van der Waals surface area contributed by atoms with E-state index >= 15 is 0 Å². The summed E-state index contributed by atoms with van der Waals surface area (Å²) in [6.07, 6.45) is 3.14. The van der Waals surface area contributed by atoms with Crippen molar-refractivity contribution in [2.24, 2.45) is 0 Å². The summed E-state index contributed by atoms with van der Waals surface area (Å²) in [4.78, 5) is 10.4. The van der Waals surface area contributed by atoms with Crippen LogP contribution in [-0.2, 0) is 4.79 Å². The van der Waals surface area contributed by atoms with Gasteiger partial charge in [0.25, 0.3) is 0 Å². The molecule has 0 fully saturated rings. The first-order valence-corrected chi connectivity index (χ1v) is 3.11. The smallest absolute Gasteiger partial charge is 0.208 e. The highest BCUT2D eigenvalue weighted by molar-refractivity contribution is 8.12. The van der Waals surface area contributed by atoms with Crippen LogP contribution in [0, 0.1) is 0 Å². The third-order valence-electron chi connectivity index (χ3n) is 0.623. The molecule has 1 aromatic heterocycles. The van der Waals surface area contributed by atoms with E-state index in [0.29, 0.717) is 0 Å². The van der Waals surface area contributed by atoms with E-state index in [1.54, 1.807) is 6.20 Å². The van der Waals surface area contributed by atoms with E-state index in [1.165, 1.54) is 17.2 Å². The summed E-state index contributed by atoms with van der Waals surface area (Å²) in [5.41, 5.74) is 0. The molecular weight excluding hydrogens is 138 g/mol. The molecule has 0 aromatic carbocycles. The number of aromatic nitrogens is 3. The highest BCUT2D eigenvalue weighted by Gasteiger charge is 1.94. The average molecular weight is 143 g/mol. The summed E-state index contributed by atoms with van der Waals surface area (Å²) in [5, 5.41) is 7.08. The molecule has 0 saturated carbocycles. The Balaban J connectivity index is 2.58. The highest BCUT2D eigenvalue weighted by Crippen LogP contribution is 2.01. The normalized spacial score (nSPS) is 9.44. The van der Waals surface area contributed by atoms with Gasteiger partial charge in [-0.2, -0.15) is 4.09 Å². The maximum Gasteiger partial charge on any atom is 0.208 e. The Morgan fingerprint density at radius 1 is 1.78 bits per heavy atom. The fourth-order valence-corrected chi connectivity index (χ4v) is 0.835. The van der Waals surface area contributed by atoms with E-state index in [0.717, 1.165) is 11.9 Å². The van der Waals surface area contributed by atoms with Crippen LogP contribution in [0.25, 0.3) is 0 Å². The van der Waals surface area contributed by atoms with E-state index in [1.807, 2.05) is 0 Å². The van der Waals surface area contributed by atoms with Gasteiger partial charge in [-0.3, -0.25) is 4.79 Å². The Kier molecular flexibility index (Phi) is 1.84. The molecule has 0 spiro atoms. The van der Waals surface area contributed by atoms with Crippen LogP contribution in [0.1, 0.15) is 6.92 Å². The van der Waals surface area contributed by atoms with Crippen LogP contribution in [0.5, 0.6) is 0 Å². The van der Waals surface area contributed by atoms with Gasteiger partial charge >= 0.3 is 0 Å². The Labute approximate surface area is 56.4 Å². The second kappa shape index (κ2) is 2.63. The van der Waals surface area contributed by atoms with E-state index in [9.17, 15) is 4.79 Å². The van der Waals surface area contributed by atoms with Crippen molar-refractivity contribution < 1.29 is 4.79 Å². The first-order valence-electron chi connectivity index (χ1n) is 2.34. The summed E-state index contributed by atoms with van der Waals surface area (Å²) >= 11 is 1.01. The number of carbonyl (C=O) groups excluding carboxylic acids is 1. The Morgan fingerprint density at radius 3 is 3.00 bits per heavy atom. The van der Waals surface area contributed by atoms with Crippen molar-refractivity contribution in [2.45, 2.75) is 6.92 Å². The summed E-state index contributed by atoms with van der Waals surface area (Å²) in [6.45, 7) is 1.48. The summed E-state index contributed by atoms with van der Waals surface area (Å²) in [6, 6.07) is 0. The number of carbonyl (C=O) groups is 1. The lowest BCUT2D eigenvalue weighted by molar-refractivity contribution is -0.109. The number of hydrogen-bond donors (Lipinski definition) is 0. The first-order chi connectivity index (χ1) is 4.29. The van der Waals surface area contributed by atoms with Gasteiger partial charge in [-0.25, -0.2) is 0 Å². The molecule has 0 N–H and O–H groups in total. The molecule has 0 saturated heterocycles. The van der Waals surface area contributed by atoms with Crippen LogP contribution in [0.2, 0.25) is 0 Å². The molecule has 0 aliphatic carbocycles. The quantitative estimate of drug-likeness (QED) is 0.568. The van der Waals surface area contributed by atoms with Gasteiger partial charge in [0.2, 0.25) is 5.12 Å². The molecule has 5 heteroatoms. The lowest BCUT2D eigenvalue weighted by atomic mass is 10.9. The molecule has 9 heavy (non-hydrogen) atoms. The maximum absolute atomic E-state index is 10.4. The minimum atomic E-state index is 0.000463. The number of nitrogens with zero attached hydrogens (tertiary/aromatic N) is 3. The van der Waals surface area contributed by atoms with Crippen LogP contribution in [0.4, 0.5) is 0 Å². The maximum atomic E-state index is 10.4. The summed E-state index contributed by atoms with van der Waals surface area (Å²) in [5.74, 6) is 0. The SMILES string of the molecule is CC(=O)Sn1ccnn1. The lowest BCUT2D eigenvalue weighted by Gasteiger charge is -1.88. The second-order valence-corrected chi connectivity index (χ2v) is 2.52. The second-order valence-electron chi connectivity index (χ2n) is 1.39. The van der Waals surface area contributed by atoms with Gasteiger partial charge in [-0.1, -0.05) is 5.21 Å². The van der Waals surface area contributed by atoms with E-state index in [-0.39, 0.29) is 5.12 Å². The number of rotatable bonds is 1. The summed E-state index contributed by atoms with van der Waals surface area (Å²) in [7, 11) is 0. The van der Waals surface area contributed by atoms with Gasteiger partial charge in [-0.15, -0.1) is 5.10 Å². The molecule has 0 bridgehead atoms. The third kappa shape index (κ3) is 1.85. The lowest BCUT2D eigenvalue weighted by Crippen LogP contribution is -1.92. The predicted molar refractivity (Wildman–Crippen MR) is 33.7 cm³/mol. The number of hydrogen-bond acceptors (Lipinski definition) is 4. The van der Waals surface area contributed by atoms with Crippen LogP contribution in [-0.4, -0.2) is 19.5 Å². The fourth-order valence-electron chi connectivity index (χ4n) is 0.378. The average Bonchev–Trinajstić information content (AvgIpc) is 2.15. The predicted octanol–water partition coefficient (Wildman–Crippen LogP) is 0.321. The van der Waals surface area contributed by atoms with Crippen molar-refractivity contribution in [1.82, 2.24) is 14.4 Å². The zero-order chi connectivity index (χ0) is 6.69. The van der Waals surface area contributed by atoms with Gasteiger partial charge in [0.15, 0.2) is 0 Å². The third-order valence-corrected chi connectivity index (χ3v) is 1.26. The van der Waals surface area contributed by atoms with E-state index in [2.05, 4.69) is 10.3 Å². The van der Waals surface area contributed by atoms with Crippen LogP contribution in [0.15, 0.2) is 12.4 Å². The molecule has 0 amide bonds. The molecule has 1 rings (SSSR count). The van der Waals surface area contributed by atoms with Crippen LogP contribution in [0.3, 0.4) is 0 Å². The van der Waals surface area contributed by atoms with Crippen molar-refractivity contribution >= 4 is 17.1 Å². The largest absolute Gasteiger partial charge is 0.286 e. The zero-order valence-electron chi connectivity index (χ0n) is 4.81. The molecule has 0 unspecified atom stereocenters. The Bertz CT molecular complexity index is 196. The monoisotopic (exact) mass is 143 g/mol. The molecule has 1 aromatic rings.